The summed E-state index contributed by atoms with van der Waals surface area (Å²) in [5, 5.41) is 0.889. The number of hydrogen-bond donors (Lipinski definition) is 1. The van der Waals surface area contributed by atoms with E-state index in [0.29, 0.717) is 22.9 Å². The Bertz CT molecular complexity index is 1430. The molecule has 0 atom stereocenters. The molecule has 5 nitrogen and oxygen atoms in total. The zero-order chi connectivity index (χ0) is 24.3. The smallest absolute Gasteiger partial charge is 0.210 e. The first-order valence-corrected chi connectivity index (χ1v) is 12.6. The molecular formula is C30H30N4O. The molecule has 35 heavy (non-hydrogen) atoms. The maximum atomic E-state index is 13.8. The standard InChI is InChI=1S/C30H30N4O/c1-5-19-8-9-21-24(16-19)32-29-27(21)28(35)22-17-25(31-4)26(18-23(22)30(29,2)3)34-14-10-20(11-15-34)33-12-6-7-13-33/h1,8-9,16-18,20,32H,6-7,10-15H2,2-3H3. The van der Waals surface area contributed by atoms with Gasteiger partial charge in [-0.15, -0.1) is 6.42 Å². The normalized spacial score (nSPS) is 19.9. The van der Waals surface area contributed by atoms with Crippen molar-refractivity contribution >= 4 is 28.1 Å². The molecule has 0 radical (unpaired) electrons. The molecule has 0 saturated carbocycles. The number of piperidine rings is 1. The van der Waals surface area contributed by atoms with Crippen LogP contribution in [0, 0.1) is 18.9 Å². The number of H-pyrrole nitrogens is 1. The van der Waals surface area contributed by atoms with Gasteiger partial charge in [0.15, 0.2) is 5.78 Å². The maximum absolute atomic E-state index is 13.8. The van der Waals surface area contributed by atoms with Gasteiger partial charge in [0.1, 0.15) is 0 Å². The van der Waals surface area contributed by atoms with Gasteiger partial charge in [0, 0.05) is 58.0 Å². The first-order valence-electron chi connectivity index (χ1n) is 12.6. The first-order chi connectivity index (χ1) is 16.9. The second-order valence-electron chi connectivity index (χ2n) is 10.7. The number of likely N-dealkylation sites (tertiary alicyclic amines) is 1. The minimum Gasteiger partial charge on any atom is -0.380 e. The van der Waals surface area contributed by atoms with Crippen LogP contribution in [-0.2, 0) is 5.41 Å². The molecule has 0 amide bonds. The molecule has 1 aliphatic carbocycles. The van der Waals surface area contributed by atoms with Crippen LogP contribution in [0.1, 0.15) is 72.3 Å². The Hall–Kier alpha value is -3.54. The third kappa shape index (κ3) is 3.30. The van der Waals surface area contributed by atoms with E-state index in [1.165, 1.54) is 25.9 Å². The highest BCUT2D eigenvalue weighted by Crippen LogP contribution is 2.47. The lowest BCUT2D eigenvalue weighted by Gasteiger charge is -2.39. The summed E-state index contributed by atoms with van der Waals surface area (Å²) in [5.74, 6) is 2.67. The van der Waals surface area contributed by atoms with Gasteiger partial charge in [-0.2, -0.15) is 0 Å². The molecule has 2 aromatic carbocycles. The molecular weight excluding hydrogens is 432 g/mol. The van der Waals surface area contributed by atoms with Crippen molar-refractivity contribution in [3.63, 3.8) is 0 Å². The average Bonchev–Trinajstić information content (AvgIpc) is 3.55. The van der Waals surface area contributed by atoms with E-state index in [1.807, 2.05) is 24.3 Å². The lowest BCUT2D eigenvalue weighted by molar-refractivity contribution is 0.103. The van der Waals surface area contributed by atoms with Crippen LogP contribution in [0.25, 0.3) is 15.7 Å². The van der Waals surface area contributed by atoms with Gasteiger partial charge >= 0.3 is 0 Å². The number of terminal acetylenes is 1. The highest BCUT2D eigenvalue weighted by molar-refractivity contribution is 6.20. The summed E-state index contributed by atoms with van der Waals surface area (Å²) in [7, 11) is 0. The Labute approximate surface area is 206 Å². The minimum atomic E-state index is -0.406. The van der Waals surface area contributed by atoms with Gasteiger partial charge in [-0.25, -0.2) is 4.85 Å². The highest BCUT2D eigenvalue weighted by Gasteiger charge is 2.41. The van der Waals surface area contributed by atoms with Gasteiger partial charge in [0.2, 0.25) is 5.69 Å². The molecule has 3 aromatic rings. The Morgan fingerprint density at radius 2 is 1.86 bits per heavy atom. The van der Waals surface area contributed by atoms with E-state index >= 15 is 0 Å². The van der Waals surface area contributed by atoms with Crippen LogP contribution >= 0.6 is 0 Å². The topological polar surface area (TPSA) is 43.7 Å². The summed E-state index contributed by atoms with van der Waals surface area (Å²) < 4.78 is 0. The van der Waals surface area contributed by atoms with Crippen molar-refractivity contribution in [1.29, 1.82) is 0 Å². The van der Waals surface area contributed by atoms with Crippen molar-refractivity contribution in [3.8, 4) is 12.3 Å². The fraction of sp³-hybridized carbons (Fsp3) is 0.400. The third-order valence-corrected chi connectivity index (χ3v) is 8.43. The number of rotatable bonds is 2. The summed E-state index contributed by atoms with van der Waals surface area (Å²) in [5.41, 5.74) is 6.07. The quantitative estimate of drug-likeness (QED) is 0.396. The maximum Gasteiger partial charge on any atom is 0.210 e. The van der Waals surface area contributed by atoms with E-state index in [2.05, 4.69) is 45.5 Å². The molecule has 2 aliphatic heterocycles. The highest BCUT2D eigenvalue weighted by atomic mass is 16.1. The number of aromatic amines is 1. The molecule has 0 spiro atoms. The molecule has 2 fully saturated rings. The lowest BCUT2D eigenvalue weighted by atomic mass is 9.71. The Morgan fingerprint density at radius 3 is 2.54 bits per heavy atom. The number of ketones is 1. The van der Waals surface area contributed by atoms with E-state index in [-0.39, 0.29) is 5.78 Å². The number of anilines is 1. The second-order valence-corrected chi connectivity index (χ2v) is 10.7. The van der Waals surface area contributed by atoms with Gasteiger partial charge < -0.3 is 14.8 Å². The van der Waals surface area contributed by atoms with Crippen LogP contribution in [-0.4, -0.2) is 47.9 Å². The average molecular weight is 463 g/mol. The van der Waals surface area contributed by atoms with Crippen molar-refractivity contribution in [1.82, 2.24) is 9.88 Å². The number of nitrogens with zero attached hydrogens (tertiary/aromatic N) is 3. The van der Waals surface area contributed by atoms with Crippen LogP contribution < -0.4 is 4.90 Å². The zero-order valence-electron chi connectivity index (χ0n) is 20.4. The number of carbonyl (C=O) groups excluding carboxylic acids is 1. The molecule has 0 bridgehead atoms. The number of hydrogen-bond acceptors (Lipinski definition) is 3. The molecule has 3 aliphatic rings. The monoisotopic (exact) mass is 462 g/mol. The first kappa shape index (κ1) is 22.0. The fourth-order valence-corrected chi connectivity index (χ4v) is 6.46. The van der Waals surface area contributed by atoms with Gasteiger partial charge in [-0.3, -0.25) is 4.79 Å². The van der Waals surface area contributed by atoms with Crippen LogP contribution in [0.5, 0.6) is 0 Å². The number of fused-ring (bicyclic) bond motifs is 4. The minimum absolute atomic E-state index is 0.0155. The molecule has 2 saturated heterocycles. The summed E-state index contributed by atoms with van der Waals surface area (Å²) in [6.07, 6.45) is 10.5. The van der Waals surface area contributed by atoms with Crippen molar-refractivity contribution in [2.24, 2.45) is 0 Å². The molecule has 3 heterocycles. The summed E-state index contributed by atoms with van der Waals surface area (Å²) >= 11 is 0. The van der Waals surface area contributed by atoms with Gasteiger partial charge in [0.05, 0.1) is 12.1 Å². The predicted octanol–water partition coefficient (Wildman–Crippen LogP) is 5.63. The predicted molar refractivity (Wildman–Crippen MR) is 141 cm³/mol. The van der Waals surface area contributed by atoms with E-state index in [1.54, 1.807) is 0 Å². The summed E-state index contributed by atoms with van der Waals surface area (Å²) in [6.45, 7) is 16.6. The van der Waals surface area contributed by atoms with Crippen LogP contribution in [0.4, 0.5) is 11.4 Å². The number of nitrogens with one attached hydrogen (secondary N) is 1. The van der Waals surface area contributed by atoms with E-state index in [9.17, 15) is 4.79 Å². The number of aromatic nitrogens is 1. The van der Waals surface area contributed by atoms with E-state index in [4.69, 9.17) is 13.0 Å². The molecule has 1 aromatic heterocycles. The van der Waals surface area contributed by atoms with Gasteiger partial charge in [-0.1, -0.05) is 25.8 Å². The molecule has 6 rings (SSSR count). The summed E-state index contributed by atoms with van der Waals surface area (Å²) in [6, 6.07) is 10.4. The molecule has 176 valence electrons. The third-order valence-electron chi connectivity index (χ3n) is 8.43. The van der Waals surface area contributed by atoms with Crippen molar-refractivity contribution in [2.45, 2.75) is 51.0 Å². The second kappa shape index (κ2) is 8.01. The van der Waals surface area contributed by atoms with Crippen molar-refractivity contribution in [2.75, 3.05) is 31.1 Å². The number of carbonyl (C=O) groups is 1. The fourth-order valence-electron chi connectivity index (χ4n) is 6.46. The molecule has 0 unspecified atom stereocenters. The van der Waals surface area contributed by atoms with Crippen molar-refractivity contribution in [3.05, 3.63) is 69.7 Å². The Balaban J connectivity index is 1.41. The molecule has 1 N–H and O–H groups in total. The number of benzene rings is 2. The Kier molecular flexibility index (Phi) is 5.02. The summed E-state index contributed by atoms with van der Waals surface area (Å²) in [4.78, 5) is 26.2. The SMILES string of the molecule is [C-]#[N+]c1cc2c(cc1N1CCC(N3CCCC3)CC1)C(C)(C)c1[nH]c3cc(C#C)ccc3c1C2=O. The largest absolute Gasteiger partial charge is 0.380 e. The Morgan fingerprint density at radius 1 is 1.11 bits per heavy atom. The van der Waals surface area contributed by atoms with E-state index in [0.717, 1.165) is 59.3 Å². The molecule has 5 heteroatoms. The lowest BCUT2D eigenvalue weighted by Crippen LogP contribution is -2.44. The van der Waals surface area contributed by atoms with Gasteiger partial charge in [-0.05, 0) is 68.6 Å². The van der Waals surface area contributed by atoms with Crippen LogP contribution in [0.2, 0.25) is 0 Å². The van der Waals surface area contributed by atoms with Gasteiger partial charge in [0.25, 0.3) is 0 Å². The van der Waals surface area contributed by atoms with Crippen LogP contribution in [0.15, 0.2) is 30.3 Å². The van der Waals surface area contributed by atoms with E-state index < -0.39 is 5.41 Å². The van der Waals surface area contributed by atoms with Crippen molar-refractivity contribution < 1.29 is 4.79 Å². The van der Waals surface area contributed by atoms with Crippen LogP contribution in [0.3, 0.4) is 0 Å². The zero-order valence-corrected chi connectivity index (χ0v) is 20.4.